The van der Waals surface area contributed by atoms with E-state index in [0.717, 1.165) is 0 Å². The van der Waals surface area contributed by atoms with Crippen molar-refractivity contribution in [3.63, 3.8) is 0 Å². The first-order chi connectivity index (χ1) is 8.65. The van der Waals surface area contributed by atoms with Gasteiger partial charge in [0.15, 0.2) is 0 Å². The maximum atomic E-state index is 11.4. The Morgan fingerprint density at radius 1 is 1.55 bits per heavy atom. The zero-order valence-electron chi connectivity index (χ0n) is 10.9. The number of nitrogens with two attached hydrogens (primary N) is 1. The number of nitrogens with one attached hydrogen (secondary N) is 1. The molecule has 0 aromatic carbocycles. The van der Waals surface area contributed by atoms with Crippen LogP contribution in [0, 0.1) is 0 Å². The molecule has 0 saturated heterocycles. The van der Waals surface area contributed by atoms with Gasteiger partial charge in [-0.25, -0.2) is 4.98 Å². The van der Waals surface area contributed by atoms with E-state index in [-0.39, 0.29) is 43.9 Å². The van der Waals surface area contributed by atoms with E-state index in [0.29, 0.717) is 17.4 Å². The molecule has 0 aliphatic carbocycles. The molecule has 1 atom stereocenters. The number of hydrogen-bond acceptors (Lipinski definition) is 5. The third kappa shape index (κ3) is 7.72. The summed E-state index contributed by atoms with van der Waals surface area (Å²) in [6.45, 7) is 0.768. The summed E-state index contributed by atoms with van der Waals surface area (Å²) in [7, 11) is 1.49. The van der Waals surface area contributed by atoms with Gasteiger partial charge in [-0.15, -0.1) is 24.8 Å². The first-order valence-corrected chi connectivity index (χ1v) is 5.78. The van der Waals surface area contributed by atoms with Gasteiger partial charge in [0.2, 0.25) is 11.8 Å². The molecule has 3 N–H and O–H groups in total. The van der Waals surface area contributed by atoms with E-state index in [4.69, 9.17) is 26.8 Å². The standard InChI is InChI=1S/C11H16ClN3O3.2ClH/c1-17-7-9(13)10(16)14-5-6-18-11-8(12)3-2-4-15-11;;/h2-4,9H,5-7,13H2,1H3,(H,14,16);2*1H. The zero-order chi connectivity index (χ0) is 13.4. The molecule has 1 aromatic rings. The largest absolute Gasteiger partial charge is 0.475 e. The van der Waals surface area contributed by atoms with Gasteiger partial charge in [0, 0.05) is 13.3 Å². The van der Waals surface area contributed by atoms with Crippen LogP contribution in [-0.4, -0.2) is 43.8 Å². The lowest BCUT2D eigenvalue weighted by atomic mass is 10.3. The monoisotopic (exact) mass is 345 g/mol. The van der Waals surface area contributed by atoms with Gasteiger partial charge < -0.3 is 20.5 Å². The minimum atomic E-state index is -0.673. The summed E-state index contributed by atoms with van der Waals surface area (Å²) in [5, 5.41) is 3.05. The number of rotatable bonds is 7. The normalized spacial score (nSPS) is 10.8. The van der Waals surface area contributed by atoms with Crippen LogP contribution in [0.25, 0.3) is 0 Å². The minimum absolute atomic E-state index is 0. The van der Waals surface area contributed by atoms with Gasteiger partial charge >= 0.3 is 0 Å². The predicted octanol–water partition coefficient (Wildman–Crippen LogP) is 1.05. The van der Waals surface area contributed by atoms with E-state index >= 15 is 0 Å². The molecule has 20 heavy (non-hydrogen) atoms. The number of hydrogen-bond donors (Lipinski definition) is 2. The maximum Gasteiger partial charge on any atom is 0.239 e. The second-order valence-corrected chi connectivity index (χ2v) is 3.90. The number of ether oxygens (including phenoxy) is 2. The summed E-state index contributed by atoms with van der Waals surface area (Å²) < 4.78 is 10.1. The van der Waals surface area contributed by atoms with Crippen molar-refractivity contribution >= 4 is 42.3 Å². The molecule has 116 valence electrons. The van der Waals surface area contributed by atoms with Crippen LogP contribution in [0.4, 0.5) is 0 Å². The Balaban J connectivity index is 0. The fourth-order valence-corrected chi connectivity index (χ4v) is 1.36. The molecule has 0 saturated carbocycles. The molecule has 1 heterocycles. The fourth-order valence-electron chi connectivity index (χ4n) is 1.19. The molecular weight excluding hydrogens is 328 g/mol. The molecule has 0 bridgehead atoms. The van der Waals surface area contributed by atoms with Gasteiger partial charge in [-0.3, -0.25) is 4.79 Å². The summed E-state index contributed by atoms with van der Waals surface area (Å²) in [6.07, 6.45) is 1.58. The second kappa shape index (κ2) is 12.0. The number of halogens is 3. The molecule has 1 unspecified atom stereocenters. The summed E-state index contributed by atoms with van der Waals surface area (Å²) >= 11 is 5.85. The number of pyridine rings is 1. The van der Waals surface area contributed by atoms with Crippen molar-refractivity contribution in [2.24, 2.45) is 5.73 Å². The average Bonchev–Trinajstić information content (AvgIpc) is 2.36. The van der Waals surface area contributed by atoms with Crippen LogP contribution in [0.5, 0.6) is 5.88 Å². The van der Waals surface area contributed by atoms with Crippen molar-refractivity contribution in [3.8, 4) is 5.88 Å². The molecule has 9 heteroatoms. The second-order valence-electron chi connectivity index (χ2n) is 3.49. The molecule has 6 nitrogen and oxygen atoms in total. The highest BCUT2D eigenvalue weighted by atomic mass is 35.5. The Hall–Kier alpha value is -0.790. The van der Waals surface area contributed by atoms with E-state index in [1.54, 1.807) is 18.3 Å². The van der Waals surface area contributed by atoms with Gasteiger partial charge in [-0.2, -0.15) is 0 Å². The Morgan fingerprint density at radius 3 is 2.85 bits per heavy atom. The van der Waals surface area contributed by atoms with E-state index in [1.165, 1.54) is 7.11 Å². The molecule has 0 fully saturated rings. The molecule has 1 amide bonds. The molecule has 0 radical (unpaired) electrons. The average molecular weight is 347 g/mol. The van der Waals surface area contributed by atoms with E-state index < -0.39 is 6.04 Å². The van der Waals surface area contributed by atoms with Gasteiger partial charge in [-0.1, -0.05) is 11.6 Å². The number of aromatic nitrogens is 1. The third-order valence-corrected chi connectivity index (χ3v) is 2.34. The quantitative estimate of drug-likeness (QED) is 0.721. The van der Waals surface area contributed by atoms with Crippen molar-refractivity contribution in [2.45, 2.75) is 6.04 Å². The van der Waals surface area contributed by atoms with Crippen molar-refractivity contribution < 1.29 is 14.3 Å². The highest BCUT2D eigenvalue weighted by Crippen LogP contribution is 2.19. The van der Waals surface area contributed by atoms with Crippen LogP contribution in [-0.2, 0) is 9.53 Å². The SMILES string of the molecule is COCC(N)C(=O)NCCOc1ncccc1Cl.Cl.Cl. The fraction of sp³-hybridized carbons (Fsp3) is 0.455. The van der Waals surface area contributed by atoms with E-state index in [1.807, 2.05) is 0 Å². The lowest BCUT2D eigenvalue weighted by molar-refractivity contribution is -0.123. The molecule has 0 aliphatic heterocycles. The van der Waals surface area contributed by atoms with Crippen LogP contribution in [0.1, 0.15) is 0 Å². The molecule has 0 spiro atoms. The predicted molar refractivity (Wildman–Crippen MR) is 82.1 cm³/mol. The van der Waals surface area contributed by atoms with Gasteiger partial charge in [0.05, 0.1) is 13.2 Å². The molecule has 1 aromatic heterocycles. The van der Waals surface area contributed by atoms with Crippen LogP contribution in [0.3, 0.4) is 0 Å². The molecule has 1 rings (SSSR count). The van der Waals surface area contributed by atoms with Crippen LogP contribution >= 0.6 is 36.4 Å². The van der Waals surface area contributed by atoms with Crippen molar-refractivity contribution in [2.75, 3.05) is 26.9 Å². The lowest BCUT2D eigenvalue weighted by Crippen LogP contribution is -2.44. The highest BCUT2D eigenvalue weighted by molar-refractivity contribution is 6.31. The lowest BCUT2D eigenvalue weighted by Gasteiger charge is -2.11. The molecule has 0 aliphatic rings. The van der Waals surface area contributed by atoms with Crippen molar-refractivity contribution in [1.29, 1.82) is 0 Å². The van der Waals surface area contributed by atoms with E-state index in [9.17, 15) is 4.79 Å². The van der Waals surface area contributed by atoms with Crippen LogP contribution in [0.2, 0.25) is 5.02 Å². The summed E-state index contributed by atoms with van der Waals surface area (Å²) in [6, 6.07) is 2.71. The third-order valence-electron chi connectivity index (χ3n) is 2.05. The highest BCUT2D eigenvalue weighted by Gasteiger charge is 2.12. The number of methoxy groups -OCH3 is 1. The van der Waals surface area contributed by atoms with Crippen molar-refractivity contribution in [3.05, 3.63) is 23.4 Å². The summed E-state index contributed by atoms with van der Waals surface area (Å²) in [5.41, 5.74) is 5.53. The number of carbonyl (C=O) groups excluding carboxylic acids is 1. The van der Waals surface area contributed by atoms with Crippen LogP contribution in [0.15, 0.2) is 18.3 Å². The summed E-state index contributed by atoms with van der Waals surface area (Å²) in [4.78, 5) is 15.3. The first-order valence-electron chi connectivity index (χ1n) is 5.40. The Morgan fingerprint density at radius 2 is 2.25 bits per heavy atom. The first kappa shape index (κ1) is 21.5. The number of carbonyl (C=O) groups is 1. The Kier molecular flexibility index (Phi) is 12.9. The van der Waals surface area contributed by atoms with Crippen molar-refractivity contribution in [1.82, 2.24) is 10.3 Å². The Bertz CT molecular complexity index is 396. The van der Waals surface area contributed by atoms with Gasteiger partial charge in [-0.05, 0) is 12.1 Å². The number of amides is 1. The Labute approximate surface area is 135 Å². The van der Waals surface area contributed by atoms with Crippen LogP contribution < -0.4 is 15.8 Å². The molecular formula is C11H18Cl3N3O3. The van der Waals surface area contributed by atoms with Gasteiger partial charge in [0.25, 0.3) is 0 Å². The maximum absolute atomic E-state index is 11.4. The van der Waals surface area contributed by atoms with E-state index in [2.05, 4.69) is 10.3 Å². The summed E-state index contributed by atoms with van der Waals surface area (Å²) in [5.74, 6) is 0.0576. The zero-order valence-corrected chi connectivity index (χ0v) is 13.3. The minimum Gasteiger partial charge on any atom is -0.475 e. The number of nitrogens with zero attached hydrogens (tertiary/aromatic N) is 1. The topological polar surface area (TPSA) is 86.5 Å². The smallest absolute Gasteiger partial charge is 0.239 e. The van der Waals surface area contributed by atoms with Gasteiger partial charge in [0.1, 0.15) is 17.7 Å².